The summed E-state index contributed by atoms with van der Waals surface area (Å²) in [6.07, 6.45) is 0.345. The molecule has 0 fully saturated rings. The van der Waals surface area contributed by atoms with Crippen LogP contribution in [0.15, 0.2) is 41.4 Å². The maximum Gasteiger partial charge on any atom is 0.252 e. The Kier molecular flexibility index (Phi) is 4.67. The Labute approximate surface area is 146 Å². The Morgan fingerprint density at radius 3 is 2.58 bits per heavy atom. The number of carbonyl (C=O) groups is 1. The largest absolute Gasteiger partial charge is 0.317 e. The predicted molar refractivity (Wildman–Crippen MR) is 100 cm³/mol. The van der Waals surface area contributed by atoms with E-state index in [-0.39, 0.29) is 5.91 Å². The van der Waals surface area contributed by atoms with Crippen molar-refractivity contribution in [2.75, 3.05) is 0 Å². The van der Waals surface area contributed by atoms with E-state index in [1.165, 1.54) is 21.4 Å². The number of fused-ring (bicyclic) bond motifs is 1. The van der Waals surface area contributed by atoms with Gasteiger partial charge in [0.1, 0.15) is 0 Å². The molecule has 1 heterocycles. The van der Waals surface area contributed by atoms with Gasteiger partial charge in [-0.15, -0.1) is 0 Å². The molecule has 0 unspecified atom stereocenters. The van der Waals surface area contributed by atoms with Gasteiger partial charge in [0.05, 0.1) is 16.6 Å². The van der Waals surface area contributed by atoms with Crippen LogP contribution in [-0.4, -0.2) is 10.5 Å². The van der Waals surface area contributed by atoms with E-state index in [9.17, 15) is 4.79 Å². The summed E-state index contributed by atoms with van der Waals surface area (Å²) >= 11 is 1.58. The van der Waals surface area contributed by atoms with Crippen LogP contribution in [0.4, 0.5) is 0 Å². The first-order valence-electron chi connectivity index (χ1n) is 8.21. The van der Waals surface area contributed by atoms with Crippen molar-refractivity contribution in [3.05, 3.63) is 63.5 Å². The van der Waals surface area contributed by atoms with Crippen LogP contribution < -0.4 is 4.80 Å². The van der Waals surface area contributed by atoms with E-state index in [1.54, 1.807) is 11.3 Å². The lowest BCUT2D eigenvalue weighted by Crippen LogP contribution is -2.16. The summed E-state index contributed by atoms with van der Waals surface area (Å²) in [7, 11) is 0. The number of aryl methyl sites for hydroxylation is 4. The molecule has 0 saturated heterocycles. The van der Waals surface area contributed by atoms with E-state index >= 15 is 0 Å². The Morgan fingerprint density at radius 1 is 1.08 bits per heavy atom. The second kappa shape index (κ2) is 6.73. The summed E-state index contributed by atoms with van der Waals surface area (Å²) in [5, 5.41) is 0. The first-order chi connectivity index (χ1) is 11.5. The number of aromatic nitrogens is 1. The highest BCUT2D eigenvalue weighted by Crippen LogP contribution is 2.19. The third kappa shape index (κ3) is 3.34. The van der Waals surface area contributed by atoms with Crippen LogP contribution in [-0.2, 0) is 17.8 Å². The topological polar surface area (TPSA) is 34.4 Å². The minimum atomic E-state index is -0.0938. The van der Waals surface area contributed by atoms with Gasteiger partial charge in [-0.2, -0.15) is 4.99 Å². The van der Waals surface area contributed by atoms with Crippen molar-refractivity contribution in [2.45, 2.75) is 40.7 Å². The summed E-state index contributed by atoms with van der Waals surface area (Å²) in [5.74, 6) is -0.0938. The van der Waals surface area contributed by atoms with E-state index in [1.807, 2.05) is 6.07 Å². The molecule has 3 nitrogen and oxygen atoms in total. The number of rotatable bonds is 3. The van der Waals surface area contributed by atoms with Crippen molar-refractivity contribution < 1.29 is 4.79 Å². The van der Waals surface area contributed by atoms with Crippen molar-refractivity contribution in [2.24, 2.45) is 4.99 Å². The molecule has 3 rings (SSSR count). The first-order valence-corrected chi connectivity index (χ1v) is 9.03. The highest BCUT2D eigenvalue weighted by molar-refractivity contribution is 7.16. The van der Waals surface area contributed by atoms with Gasteiger partial charge < -0.3 is 4.57 Å². The molecule has 0 radical (unpaired) electrons. The highest BCUT2D eigenvalue weighted by atomic mass is 32.1. The molecule has 4 heteroatoms. The number of nitrogens with zero attached hydrogens (tertiary/aromatic N) is 2. The van der Waals surface area contributed by atoms with Crippen LogP contribution in [0.1, 0.15) is 29.2 Å². The van der Waals surface area contributed by atoms with Crippen molar-refractivity contribution in [3.63, 3.8) is 0 Å². The molecule has 1 amide bonds. The number of hydrogen-bond donors (Lipinski definition) is 0. The van der Waals surface area contributed by atoms with Crippen LogP contribution in [0, 0.1) is 20.8 Å². The molecule has 0 aliphatic heterocycles. The fraction of sp³-hybridized carbons (Fsp3) is 0.300. The minimum absolute atomic E-state index is 0.0938. The fourth-order valence-electron chi connectivity index (χ4n) is 2.81. The number of thiazole rings is 1. The molecular weight excluding hydrogens is 316 g/mol. The lowest BCUT2D eigenvalue weighted by molar-refractivity contribution is -0.117. The van der Waals surface area contributed by atoms with E-state index in [2.05, 4.69) is 67.6 Å². The molecule has 0 aliphatic carbocycles. The SMILES string of the molecule is CCn1c(=NC(=O)Cc2ccc(C)c(C)c2)sc2cc(C)ccc21. The standard InChI is InChI=1S/C20H22N2OS/c1-5-22-17-9-6-13(2)10-18(17)24-20(22)21-19(23)12-16-8-7-14(3)15(4)11-16/h6-11H,5,12H2,1-4H3. The number of carbonyl (C=O) groups excluding carboxylic acids is 1. The fourth-order valence-corrected chi connectivity index (χ4v) is 4.02. The van der Waals surface area contributed by atoms with Crippen LogP contribution in [0.3, 0.4) is 0 Å². The van der Waals surface area contributed by atoms with Gasteiger partial charge in [0, 0.05) is 6.54 Å². The molecule has 2 aromatic carbocycles. The van der Waals surface area contributed by atoms with Gasteiger partial charge in [0.25, 0.3) is 5.91 Å². The molecule has 0 aliphatic rings. The van der Waals surface area contributed by atoms with E-state index in [4.69, 9.17) is 0 Å². The zero-order valence-electron chi connectivity index (χ0n) is 14.6. The van der Waals surface area contributed by atoms with Crippen LogP contribution >= 0.6 is 11.3 Å². The van der Waals surface area contributed by atoms with Gasteiger partial charge in [-0.1, -0.05) is 35.6 Å². The second-order valence-electron chi connectivity index (χ2n) is 6.20. The lowest BCUT2D eigenvalue weighted by atomic mass is 10.0. The molecule has 24 heavy (non-hydrogen) atoms. The number of amides is 1. The van der Waals surface area contributed by atoms with Gasteiger partial charge >= 0.3 is 0 Å². The van der Waals surface area contributed by atoms with Crippen LogP contribution in [0.5, 0.6) is 0 Å². The van der Waals surface area contributed by atoms with Gasteiger partial charge in [-0.05, 0) is 62.1 Å². The lowest BCUT2D eigenvalue weighted by Gasteiger charge is -2.03. The molecule has 0 saturated carbocycles. The maximum absolute atomic E-state index is 12.4. The normalized spacial score (nSPS) is 12.1. The zero-order chi connectivity index (χ0) is 17.3. The zero-order valence-corrected chi connectivity index (χ0v) is 15.4. The molecular formula is C20H22N2OS. The minimum Gasteiger partial charge on any atom is -0.317 e. The monoisotopic (exact) mass is 338 g/mol. The molecule has 124 valence electrons. The van der Waals surface area contributed by atoms with Gasteiger partial charge in [0.2, 0.25) is 0 Å². The Hall–Kier alpha value is -2.20. The summed E-state index contributed by atoms with van der Waals surface area (Å²) in [4.78, 5) is 17.6. The Bertz CT molecular complexity index is 979. The van der Waals surface area contributed by atoms with Gasteiger partial charge in [-0.25, -0.2) is 0 Å². The third-order valence-corrected chi connectivity index (χ3v) is 5.34. The van der Waals surface area contributed by atoms with Crippen LogP contribution in [0.2, 0.25) is 0 Å². The van der Waals surface area contributed by atoms with Gasteiger partial charge in [-0.3, -0.25) is 4.79 Å². The summed E-state index contributed by atoms with van der Waals surface area (Å²) in [5.41, 5.74) is 5.84. The summed E-state index contributed by atoms with van der Waals surface area (Å²) in [6, 6.07) is 12.5. The Morgan fingerprint density at radius 2 is 1.88 bits per heavy atom. The van der Waals surface area contributed by atoms with Gasteiger partial charge in [0.15, 0.2) is 4.80 Å². The van der Waals surface area contributed by atoms with E-state index in [0.717, 1.165) is 22.4 Å². The van der Waals surface area contributed by atoms with Crippen molar-refractivity contribution in [1.29, 1.82) is 0 Å². The maximum atomic E-state index is 12.4. The molecule has 1 aromatic heterocycles. The van der Waals surface area contributed by atoms with Crippen molar-refractivity contribution in [1.82, 2.24) is 4.57 Å². The quantitative estimate of drug-likeness (QED) is 0.700. The first kappa shape index (κ1) is 16.7. The predicted octanol–water partition coefficient (Wildman–Crippen LogP) is 4.32. The van der Waals surface area contributed by atoms with E-state index < -0.39 is 0 Å². The third-order valence-electron chi connectivity index (χ3n) is 4.30. The smallest absolute Gasteiger partial charge is 0.252 e. The molecule has 0 N–H and O–H groups in total. The van der Waals surface area contributed by atoms with Crippen molar-refractivity contribution >= 4 is 27.5 Å². The summed E-state index contributed by atoms with van der Waals surface area (Å²) < 4.78 is 3.28. The van der Waals surface area contributed by atoms with Crippen molar-refractivity contribution in [3.8, 4) is 0 Å². The molecule has 0 atom stereocenters. The molecule has 0 spiro atoms. The average molecular weight is 338 g/mol. The molecule has 0 bridgehead atoms. The average Bonchev–Trinajstić information content (AvgIpc) is 2.86. The number of benzene rings is 2. The van der Waals surface area contributed by atoms with Crippen LogP contribution in [0.25, 0.3) is 10.2 Å². The summed E-state index contributed by atoms with van der Waals surface area (Å²) in [6.45, 7) is 9.11. The molecule has 3 aromatic rings. The highest BCUT2D eigenvalue weighted by Gasteiger charge is 2.08. The Balaban J connectivity index is 1.96. The number of hydrogen-bond acceptors (Lipinski definition) is 2. The second-order valence-corrected chi connectivity index (χ2v) is 7.21. The van der Waals surface area contributed by atoms with E-state index in [0.29, 0.717) is 6.42 Å².